The lowest BCUT2D eigenvalue weighted by Crippen LogP contribution is -2.41. The van der Waals surface area contributed by atoms with Crippen LogP contribution in [0.3, 0.4) is 0 Å². The fraction of sp³-hybridized carbons (Fsp3) is 0.167. The van der Waals surface area contributed by atoms with Crippen molar-refractivity contribution in [3.05, 3.63) is 101 Å². The second-order valence-electron chi connectivity index (χ2n) is 12.0. The zero-order chi connectivity index (χ0) is 27.9. The Hall–Kier alpha value is -3.57. The van der Waals surface area contributed by atoms with Crippen LogP contribution in [0.2, 0.25) is 0 Å². The third-order valence-corrected chi connectivity index (χ3v) is 11.1. The van der Waals surface area contributed by atoms with Crippen LogP contribution in [0.5, 0.6) is 0 Å². The van der Waals surface area contributed by atoms with Gasteiger partial charge in [-0.25, -0.2) is 0 Å². The first kappa shape index (κ1) is 25.2. The minimum Gasteiger partial charge on any atom is -0.399 e. The van der Waals surface area contributed by atoms with E-state index < -0.39 is 18.3 Å². The number of hydrogen-bond acceptors (Lipinski definition) is 4. The molecule has 0 atom stereocenters. The second kappa shape index (κ2) is 8.97. The molecule has 4 aromatic carbocycles. The van der Waals surface area contributed by atoms with Crippen molar-refractivity contribution in [1.29, 1.82) is 0 Å². The minimum atomic E-state index is -0.439. The van der Waals surface area contributed by atoms with Gasteiger partial charge in [0.1, 0.15) is 22.6 Å². The topological polar surface area (TPSA) is 18.5 Å². The summed E-state index contributed by atoms with van der Waals surface area (Å²) in [5.74, 6) is 0. The van der Waals surface area contributed by atoms with E-state index in [-0.39, 0.29) is 0 Å². The highest BCUT2D eigenvalue weighted by atomic mass is 32.1. The van der Waals surface area contributed by atoms with Crippen molar-refractivity contribution in [2.45, 2.75) is 38.9 Å². The first-order valence-corrected chi connectivity index (χ1v) is 15.6. The number of fused-ring (bicyclic) bond motifs is 6. The van der Waals surface area contributed by atoms with Crippen LogP contribution in [-0.4, -0.2) is 18.3 Å². The van der Waals surface area contributed by atoms with Crippen molar-refractivity contribution in [2.75, 3.05) is 0 Å². The first-order chi connectivity index (χ1) is 19.8. The van der Waals surface area contributed by atoms with Crippen LogP contribution in [0, 0.1) is 6.08 Å². The SMILES string of the molecule is CC1(C)OB(c2cc(-c3ccc4sc5c(c4c3)C=C[C+]=C5)cc(-c3ccc4sc5ccccc5c4c3)c2)OC1(C)C. The van der Waals surface area contributed by atoms with Gasteiger partial charge in [0.2, 0.25) is 0 Å². The minimum absolute atomic E-state index is 0.409. The van der Waals surface area contributed by atoms with E-state index in [9.17, 15) is 0 Å². The van der Waals surface area contributed by atoms with Crippen LogP contribution in [-0.2, 0) is 9.31 Å². The lowest BCUT2D eigenvalue weighted by Gasteiger charge is -2.32. The molecule has 41 heavy (non-hydrogen) atoms. The van der Waals surface area contributed by atoms with Gasteiger partial charge in [-0.2, -0.15) is 0 Å². The van der Waals surface area contributed by atoms with E-state index in [0.29, 0.717) is 0 Å². The Morgan fingerprint density at radius 1 is 0.634 bits per heavy atom. The molecule has 0 bridgehead atoms. The van der Waals surface area contributed by atoms with E-state index in [2.05, 4.69) is 125 Å². The average molecular weight is 568 g/mol. The number of thiophene rings is 2. The highest BCUT2D eigenvalue weighted by Gasteiger charge is 2.51. The summed E-state index contributed by atoms with van der Waals surface area (Å²) in [5, 5.41) is 3.89. The van der Waals surface area contributed by atoms with Gasteiger partial charge in [0.15, 0.2) is 0 Å². The molecule has 8 rings (SSSR count). The maximum atomic E-state index is 6.54. The molecular formula is C36H28BO2S2+. The largest absolute Gasteiger partial charge is 0.494 e. The monoisotopic (exact) mass is 567 g/mol. The van der Waals surface area contributed by atoms with Crippen LogP contribution in [0.1, 0.15) is 38.1 Å². The number of hydrogen-bond donors (Lipinski definition) is 0. The molecule has 0 radical (unpaired) electrons. The van der Waals surface area contributed by atoms with E-state index >= 15 is 0 Å². The smallest absolute Gasteiger partial charge is 0.399 e. The van der Waals surface area contributed by atoms with E-state index in [4.69, 9.17) is 9.31 Å². The number of rotatable bonds is 3. The Balaban J connectivity index is 1.31. The molecule has 3 heterocycles. The van der Waals surface area contributed by atoms with Crippen LogP contribution in [0.4, 0.5) is 0 Å². The zero-order valence-electron chi connectivity index (χ0n) is 23.4. The summed E-state index contributed by atoms with van der Waals surface area (Å²) in [5.41, 5.74) is 6.20. The summed E-state index contributed by atoms with van der Waals surface area (Å²) in [6.07, 6.45) is 9.48. The molecule has 6 aromatic rings. The maximum Gasteiger partial charge on any atom is 0.494 e. The molecule has 1 aliphatic carbocycles. The Labute approximate surface area is 248 Å². The van der Waals surface area contributed by atoms with Crippen molar-refractivity contribution >= 4 is 77.7 Å². The van der Waals surface area contributed by atoms with Gasteiger partial charge < -0.3 is 9.31 Å². The lowest BCUT2D eigenvalue weighted by atomic mass is 9.76. The average Bonchev–Trinajstić information content (AvgIpc) is 3.60. The molecule has 0 amide bonds. The van der Waals surface area contributed by atoms with Gasteiger partial charge >= 0.3 is 7.12 Å². The third-order valence-electron chi connectivity index (χ3n) is 8.84. The molecular weight excluding hydrogens is 539 g/mol. The Bertz CT molecular complexity index is 2060. The van der Waals surface area contributed by atoms with E-state index in [1.54, 1.807) is 0 Å². The van der Waals surface area contributed by atoms with Crippen LogP contribution in [0.15, 0.2) is 84.9 Å². The van der Waals surface area contributed by atoms with Gasteiger partial charge in [-0.1, -0.05) is 53.8 Å². The third kappa shape index (κ3) is 4.04. The van der Waals surface area contributed by atoms with E-state index in [0.717, 1.165) is 16.6 Å². The number of benzene rings is 4. The highest BCUT2D eigenvalue weighted by molar-refractivity contribution is 7.25. The summed E-state index contributed by atoms with van der Waals surface area (Å²) in [7, 11) is -0.439. The standard InChI is InChI=1S/C36H28BO2S2/c1-35(2)36(3,4)39-37(38-35)26-18-24(22-13-15-33-29(20-22)27-9-5-7-11-31(27)40-33)17-25(19-26)23-14-16-34-30(21-23)28-10-6-8-12-32(28)41-34/h5-7,9-21H,1-4H3/q+1. The Morgan fingerprint density at radius 3 is 2.00 bits per heavy atom. The zero-order valence-corrected chi connectivity index (χ0v) is 25.1. The predicted molar refractivity (Wildman–Crippen MR) is 178 cm³/mol. The van der Waals surface area contributed by atoms with Crippen molar-refractivity contribution in [3.8, 4) is 22.3 Å². The van der Waals surface area contributed by atoms with Gasteiger partial charge in [0.25, 0.3) is 0 Å². The molecule has 2 aliphatic rings. The van der Waals surface area contributed by atoms with Crippen molar-refractivity contribution in [3.63, 3.8) is 0 Å². The molecule has 0 N–H and O–H groups in total. The molecule has 0 saturated carbocycles. The van der Waals surface area contributed by atoms with E-state index in [1.807, 2.05) is 28.7 Å². The summed E-state index contributed by atoms with van der Waals surface area (Å²) < 4.78 is 17.0. The molecule has 1 aliphatic heterocycles. The molecule has 2 aromatic heterocycles. The fourth-order valence-corrected chi connectivity index (χ4v) is 8.01. The van der Waals surface area contributed by atoms with Crippen molar-refractivity contribution in [1.82, 2.24) is 0 Å². The summed E-state index contributed by atoms with van der Waals surface area (Å²) >= 11 is 3.67. The van der Waals surface area contributed by atoms with Crippen LogP contribution in [0.25, 0.3) is 64.7 Å². The van der Waals surface area contributed by atoms with Gasteiger partial charge in [0.05, 0.1) is 22.0 Å². The molecule has 198 valence electrons. The molecule has 1 fully saturated rings. The molecule has 0 spiro atoms. The van der Waals surface area contributed by atoms with E-state index in [1.165, 1.54) is 51.8 Å². The van der Waals surface area contributed by atoms with Gasteiger partial charge in [-0.3, -0.25) is 0 Å². The number of allylic oxidation sites excluding steroid dienone is 2. The molecule has 5 heteroatoms. The first-order valence-electron chi connectivity index (χ1n) is 14.0. The highest BCUT2D eigenvalue weighted by Crippen LogP contribution is 2.41. The summed E-state index contributed by atoms with van der Waals surface area (Å²) in [6, 6.07) is 29.1. The Morgan fingerprint density at radius 2 is 1.27 bits per heavy atom. The molecule has 2 nitrogen and oxygen atoms in total. The fourth-order valence-electron chi connectivity index (χ4n) is 5.86. The van der Waals surface area contributed by atoms with Crippen molar-refractivity contribution in [2.24, 2.45) is 0 Å². The predicted octanol–water partition coefficient (Wildman–Crippen LogP) is 9.75. The van der Waals surface area contributed by atoms with Gasteiger partial charge in [-0.05, 0) is 91.8 Å². The quantitative estimate of drug-likeness (QED) is 0.157. The maximum absolute atomic E-state index is 6.54. The van der Waals surface area contributed by atoms with Crippen LogP contribution < -0.4 is 5.46 Å². The van der Waals surface area contributed by atoms with Crippen LogP contribution >= 0.6 is 22.7 Å². The van der Waals surface area contributed by atoms with Crippen molar-refractivity contribution < 1.29 is 9.31 Å². The molecule has 0 unspecified atom stereocenters. The second-order valence-corrected chi connectivity index (χ2v) is 14.1. The normalized spacial score (nSPS) is 17.0. The summed E-state index contributed by atoms with van der Waals surface area (Å²) in [4.78, 5) is 1.27. The summed E-state index contributed by atoms with van der Waals surface area (Å²) in [6.45, 7) is 8.45. The molecule has 1 saturated heterocycles. The Kier molecular flexibility index (Phi) is 5.50. The lowest BCUT2D eigenvalue weighted by molar-refractivity contribution is 0.00578. The van der Waals surface area contributed by atoms with Gasteiger partial charge in [0, 0.05) is 31.6 Å². The van der Waals surface area contributed by atoms with Gasteiger partial charge in [-0.15, -0.1) is 11.3 Å².